The van der Waals surface area contributed by atoms with Crippen LogP contribution in [0.25, 0.3) is 5.69 Å². The van der Waals surface area contributed by atoms with E-state index in [1.165, 1.54) is 17.7 Å². The lowest BCUT2D eigenvalue weighted by Crippen LogP contribution is -2.07. The van der Waals surface area contributed by atoms with Crippen LogP contribution < -0.4 is 0 Å². The van der Waals surface area contributed by atoms with Crippen LogP contribution in [0.5, 0.6) is 0 Å². The van der Waals surface area contributed by atoms with Gasteiger partial charge in [-0.05, 0) is 38.1 Å². The number of imidazole rings is 1. The van der Waals surface area contributed by atoms with Gasteiger partial charge >= 0.3 is 0 Å². The van der Waals surface area contributed by atoms with Crippen LogP contribution in [-0.2, 0) is 6.54 Å². The monoisotopic (exact) mass is 312 g/mol. The summed E-state index contributed by atoms with van der Waals surface area (Å²) in [7, 11) is 0. The minimum absolute atomic E-state index is 0.240. The molecule has 0 bridgehead atoms. The topological polar surface area (TPSA) is 35.6 Å². The van der Waals surface area contributed by atoms with Gasteiger partial charge in [0, 0.05) is 29.6 Å². The number of hydrogen-bond donors (Lipinski definition) is 0. The maximum Gasteiger partial charge on any atom is 0.123 e. The van der Waals surface area contributed by atoms with Crippen LogP contribution in [0.2, 0.25) is 0 Å². The summed E-state index contributed by atoms with van der Waals surface area (Å²) in [6.07, 6.45) is 3.84. The average Bonchev–Trinajstić information content (AvgIpc) is 3.08. The molecule has 0 atom stereocenters. The van der Waals surface area contributed by atoms with E-state index < -0.39 is 0 Å². The van der Waals surface area contributed by atoms with Crippen LogP contribution >= 0.6 is 0 Å². The van der Waals surface area contributed by atoms with Gasteiger partial charge in [0.05, 0.1) is 17.9 Å². The molecule has 0 saturated carbocycles. The molecule has 4 nitrogen and oxygen atoms in total. The summed E-state index contributed by atoms with van der Waals surface area (Å²) in [6.45, 7) is 9.08. The second kappa shape index (κ2) is 5.99. The molecule has 0 N–H and O–H groups in total. The molecule has 5 heteroatoms. The first-order valence-electron chi connectivity index (χ1n) is 7.79. The summed E-state index contributed by atoms with van der Waals surface area (Å²) in [5.41, 5.74) is 4.09. The van der Waals surface area contributed by atoms with Crippen LogP contribution in [0.4, 0.5) is 4.39 Å². The molecule has 0 unspecified atom stereocenters. The third kappa shape index (κ3) is 2.91. The van der Waals surface area contributed by atoms with Gasteiger partial charge in [0.1, 0.15) is 11.6 Å². The number of aryl methyl sites for hydroxylation is 1. The first-order valence-corrected chi connectivity index (χ1v) is 7.79. The van der Waals surface area contributed by atoms with Gasteiger partial charge in [0.25, 0.3) is 0 Å². The fraction of sp³-hybridized carbons (Fsp3) is 0.333. The van der Waals surface area contributed by atoms with Crippen LogP contribution in [0, 0.1) is 19.7 Å². The van der Waals surface area contributed by atoms with Crippen molar-refractivity contribution in [2.45, 2.75) is 40.2 Å². The number of hydrogen-bond acceptors (Lipinski definition) is 2. The van der Waals surface area contributed by atoms with E-state index in [1.54, 1.807) is 12.1 Å². The van der Waals surface area contributed by atoms with E-state index in [-0.39, 0.29) is 5.82 Å². The molecule has 0 radical (unpaired) electrons. The summed E-state index contributed by atoms with van der Waals surface area (Å²) in [4.78, 5) is 4.44. The van der Waals surface area contributed by atoms with Crippen LogP contribution in [0.1, 0.15) is 42.5 Å². The summed E-state index contributed by atoms with van der Waals surface area (Å²) in [6, 6.07) is 6.40. The molecule has 0 fully saturated rings. The van der Waals surface area contributed by atoms with Gasteiger partial charge in [0.15, 0.2) is 0 Å². The molecule has 0 aliphatic carbocycles. The number of nitrogens with zero attached hydrogens (tertiary/aromatic N) is 4. The molecule has 1 aromatic carbocycles. The Balaban J connectivity index is 1.98. The fourth-order valence-electron chi connectivity index (χ4n) is 2.86. The van der Waals surface area contributed by atoms with E-state index >= 15 is 0 Å². The normalized spacial score (nSPS) is 11.4. The lowest BCUT2D eigenvalue weighted by Gasteiger charge is -2.11. The van der Waals surface area contributed by atoms with E-state index in [9.17, 15) is 4.39 Å². The Morgan fingerprint density at radius 3 is 2.48 bits per heavy atom. The lowest BCUT2D eigenvalue weighted by atomic mass is 10.1. The van der Waals surface area contributed by atoms with E-state index in [1.807, 2.05) is 30.9 Å². The Labute approximate surface area is 135 Å². The largest absolute Gasteiger partial charge is 0.330 e. The van der Waals surface area contributed by atoms with Crippen molar-refractivity contribution >= 4 is 0 Å². The minimum Gasteiger partial charge on any atom is -0.330 e. The van der Waals surface area contributed by atoms with Crippen molar-refractivity contribution in [3.05, 3.63) is 65.3 Å². The number of halogens is 1. The Kier molecular flexibility index (Phi) is 4.03. The van der Waals surface area contributed by atoms with Gasteiger partial charge in [-0.3, -0.25) is 0 Å². The molecule has 3 aromatic rings. The summed E-state index contributed by atoms with van der Waals surface area (Å²) >= 11 is 0. The van der Waals surface area contributed by atoms with E-state index in [4.69, 9.17) is 0 Å². The SMILES string of the molecule is Cc1nn(-c2ccc(F)cc2)c(C)c1Cn1ccnc1C(C)C. The van der Waals surface area contributed by atoms with Crippen LogP contribution in [0.3, 0.4) is 0 Å². The van der Waals surface area contributed by atoms with E-state index in [2.05, 4.69) is 28.5 Å². The lowest BCUT2D eigenvalue weighted by molar-refractivity contribution is 0.627. The van der Waals surface area contributed by atoms with Crippen molar-refractivity contribution in [1.82, 2.24) is 19.3 Å². The van der Waals surface area contributed by atoms with Crippen molar-refractivity contribution in [2.75, 3.05) is 0 Å². The third-order valence-corrected chi connectivity index (χ3v) is 4.10. The molecule has 3 rings (SSSR count). The standard InChI is InChI=1S/C18H21FN4/c1-12(2)18-20-9-10-22(18)11-17-13(3)21-23(14(17)4)16-7-5-15(19)6-8-16/h5-10,12H,11H2,1-4H3. The van der Waals surface area contributed by atoms with Gasteiger partial charge in [0.2, 0.25) is 0 Å². The van der Waals surface area contributed by atoms with Gasteiger partial charge in [-0.2, -0.15) is 5.10 Å². The highest BCUT2D eigenvalue weighted by Crippen LogP contribution is 2.21. The van der Waals surface area contributed by atoms with Crippen molar-refractivity contribution in [1.29, 1.82) is 0 Å². The molecule has 0 aliphatic heterocycles. The predicted octanol–water partition coefficient (Wildman–Crippen LogP) is 4.00. The Bertz CT molecular complexity index is 812. The molecule has 120 valence electrons. The third-order valence-electron chi connectivity index (χ3n) is 4.10. The molecule has 2 heterocycles. The molecular formula is C18H21FN4. The number of aromatic nitrogens is 4. The Morgan fingerprint density at radius 2 is 1.83 bits per heavy atom. The average molecular weight is 312 g/mol. The highest BCUT2D eigenvalue weighted by Gasteiger charge is 2.15. The summed E-state index contributed by atoms with van der Waals surface area (Å²) in [5.74, 6) is 1.20. The fourth-order valence-corrected chi connectivity index (χ4v) is 2.86. The van der Waals surface area contributed by atoms with Gasteiger partial charge in [-0.15, -0.1) is 0 Å². The molecule has 0 amide bonds. The smallest absolute Gasteiger partial charge is 0.123 e. The number of benzene rings is 1. The maximum absolute atomic E-state index is 13.1. The summed E-state index contributed by atoms with van der Waals surface area (Å²) < 4.78 is 17.2. The first-order chi connectivity index (χ1) is 11.0. The second-order valence-corrected chi connectivity index (χ2v) is 6.11. The zero-order chi connectivity index (χ0) is 16.6. The molecule has 2 aromatic heterocycles. The van der Waals surface area contributed by atoms with E-state index in [0.717, 1.165) is 29.4 Å². The van der Waals surface area contributed by atoms with Crippen molar-refractivity contribution in [3.8, 4) is 5.69 Å². The molecule has 23 heavy (non-hydrogen) atoms. The molecule has 0 aliphatic rings. The Morgan fingerprint density at radius 1 is 1.13 bits per heavy atom. The quantitative estimate of drug-likeness (QED) is 0.730. The number of rotatable bonds is 4. The second-order valence-electron chi connectivity index (χ2n) is 6.11. The van der Waals surface area contributed by atoms with Crippen molar-refractivity contribution < 1.29 is 4.39 Å². The first kappa shape index (κ1) is 15.5. The van der Waals surface area contributed by atoms with Crippen molar-refractivity contribution in [2.24, 2.45) is 0 Å². The van der Waals surface area contributed by atoms with Gasteiger partial charge in [-0.25, -0.2) is 14.1 Å². The highest BCUT2D eigenvalue weighted by molar-refractivity contribution is 5.37. The van der Waals surface area contributed by atoms with Gasteiger partial charge < -0.3 is 4.57 Å². The summed E-state index contributed by atoms with van der Waals surface area (Å²) in [5, 5.41) is 4.63. The van der Waals surface area contributed by atoms with Crippen LogP contribution in [-0.4, -0.2) is 19.3 Å². The van der Waals surface area contributed by atoms with Crippen molar-refractivity contribution in [3.63, 3.8) is 0 Å². The zero-order valence-corrected chi connectivity index (χ0v) is 13.9. The van der Waals surface area contributed by atoms with Gasteiger partial charge in [-0.1, -0.05) is 13.8 Å². The van der Waals surface area contributed by atoms with E-state index in [0.29, 0.717) is 5.92 Å². The molecule has 0 saturated heterocycles. The maximum atomic E-state index is 13.1. The Hall–Kier alpha value is -2.43. The predicted molar refractivity (Wildman–Crippen MR) is 88.4 cm³/mol. The minimum atomic E-state index is -0.240. The zero-order valence-electron chi connectivity index (χ0n) is 13.9. The van der Waals surface area contributed by atoms with Crippen LogP contribution in [0.15, 0.2) is 36.7 Å². The molecular weight excluding hydrogens is 291 g/mol. The highest BCUT2D eigenvalue weighted by atomic mass is 19.1. The molecule has 0 spiro atoms.